The van der Waals surface area contributed by atoms with Gasteiger partial charge in [-0.15, -0.1) is 0 Å². The van der Waals surface area contributed by atoms with Gasteiger partial charge in [-0.3, -0.25) is 47.9 Å². The molecule has 0 radical (unpaired) electrons. The van der Waals surface area contributed by atoms with Crippen LogP contribution in [0.15, 0.2) is 149 Å². The van der Waals surface area contributed by atoms with Crippen LogP contribution in [0.5, 0.6) is 5.75 Å². The lowest BCUT2D eigenvalue weighted by atomic mass is 9.93. The number of nitrogens with one attached hydrogen (secondary N) is 1. The number of ether oxygens (including phenoxy) is 5. The zero-order valence-corrected chi connectivity index (χ0v) is 59.3. The van der Waals surface area contributed by atoms with Crippen LogP contribution in [-0.4, -0.2) is 116 Å². The van der Waals surface area contributed by atoms with Crippen LogP contribution in [0.2, 0.25) is 0 Å². The van der Waals surface area contributed by atoms with Crippen LogP contribution < -0.4 is 4.74 Å². The van der Waals surface area contributed by atoms with Crippen molar-refractivity contribution in [1.82, 2.24) is 4.98 Å². The Balaban J connectivity index is 0.00000117. The van der Waals surface area contributed by atoms with Crippen molar-refractivity contribution in [3.8, 4) is 5.75 Å². The molecule has 3 aromatic carbocycles. The van der Waals surface area contributed by atoms with Crippen molar-refractivity contribution in [2.45, 2.75) is 153 Å². The van der Waals surface area contributed by atoms with Crippen LogP contribution in [0, 0.1) is 29.6 Å². The van der Waals surface area contributed by atoms with Crippen LogP contribution in [-0.2, 0) is 84.7 Å². The zero-order chi connectivity index (χ0) is 71.0. The summed E-state index contributed by atoms with van der Waals surface area (Å²) in [5.41, 5.74) is 6.34. The molecule has 0 unspecified atom stereocenters. The summed E-state index contributed by atoms with van der Waals surface area (Å²) in [6.07, 6.45) is 21.6. The molecule has 520 valence electrons. The molecule has 0 spiro atoms. The number of aromatic nitrogens is 1. The third kappa shape index (κ3) is 38.8. The lowest BCUT2D eigenvalue weighted by Gasteiger charge is -2.14. The Hall–Kier alpha value is -8.03. The minimum Gasteiger partial charge on any atom is -0.490 e. The number of aromatic amines is 1. The van der Waals surface area contributed by atoms with Crippen LogP contribution in [0.3, 0.4) is 0 Å². The number of hydrogen-bond donors (Lipinski definition) is 1. The van der Waals surface area contributed by atoms with E-state index in [2.05, 4.69) is 17.1 Å². The molecule has 4 aromatic rings. The standard InChI is InChI=1S/C18H21NO3.C17H22O4.C17H22O2S.C13H20O4S.C11H18O3/c1-3-13(14(4-2)11-20)10-18(21)22-12-16-9-15-7-5-6-8-17(15)19-16;1-3-14(15(4-2)13-18)12-17(19)21-11-10-20-16-8-6-5-7-9-16;1-3-15(16(4-2)13-18)12-17(19)20-11-10-14-8-6-5-7-9-14;1-3-11(10-15)12(5-6-14)9-13(16)17-7-4-8-18-2;1-4-9(10(5-2)8-12)7-11(13)14-6-3/h4-9,11,13,19H,3,10,12H2,1-2H3;4-9,13-14H,3,10-12H2,1-2H3;4-9,13,15H,3,10-12H2,1-2H3;3,6,10,12H,4-5,7-9H2,1-2H3;5,8-9H,4,6-7H2,1-3H3/b14-4-;15-4-;16-4-;11-3-;10-5-/t13-;14-;15-;12-;9-/m00000/s1. The van der Waals surface area contributed by atoms with Gasteiger partial charge in [0, 0.05) is 30.0 Å². The second-order valence-corrected chi connectivity index (χ2v) is 23.5. The lowest BCUT2D eigenvalue weighted by molar-refractivity contribution is -0.146. The first-order valence-corrected chi connectivity index (χ1v) is 34.9. The van der Waals surface area contributed by atoms with E-state index in [0.29, 0.717) is 61.2 Å². The Kier molecular flexibility index (Phi) is 51.6. The molecular weight excluding hydrogens is 1250 g/mol. The van der Waals surface area contributed by atoms with Gasteiger partial charge < -0.3 is 33.5 Å². The molecule has 0 aliphatic heterocycles. The number of allylic oxidation sites excluding steroid dienone is 10. The first kappa shape index (κ1) is 87.0. The molecule has 95 heavy (non-hydrogen) atoms. The Morgan fingerprint density at radius 2 is 0.895 bits per heavy atom. The summed E-state index contributed by atoms with van der Waals surface area (Å²) in [5.74, 6) is 0.857. The average Bonchev–Trinajstić information content (AvgIpc) is 1.74. The first-order valence-electron chi connectivity index (χ1n) is 32.5. The van der Waals surface area contributed by atoms with E-state index < -0.39 is 0 Å². The monoisotopic (exact) mass is 1350 g/mol. The van der Waals surface area contributed by atoms with Crippen molar-refractivity contribution in [3.63, 3.8) is 0 Å². The number of hydrogen-bond acceptors (Lipinski definition) is 18. The molecule has 1 heterocycles. The molecule has 0 bridgehead atoms. The van der Waals surface area contributed by atoms with Crippen LogP contribution in [0.1, 0.15) is 151 Å². The summed E-state index contributed by atoms with van der Waals surface area (Å²) in [6.45, 7) is 20.1. The fraction of sp³-hybridized carbons (Fsp3) is 0.461. The van der Waals surface area contributed by atoms with Crippen LogP contribution >= 0.6 is 23.5 Å². The van der Waals surface area contributed by atoms with E-state index in [4.69, 9.17) is 23.7 Å². The van der Waals surface area contributed by atoms with E-state index in [1.165, 1.54) is 17.3 Å². The maximum absolute atomic E-state index is 12.0. The summed E-state index contributed by atoms with van der Waals surface area (Å²) >= 11 is 3.07. The summed E-state index contributed by atoms with van der Waals surface area (Å²) in [5, 5.41) is 1.27. The summed E-state index contributed by atoms with van der Waals surface area (Å²) in [6, 6.07) is 29.4. The smallest absolute Gasteiger partial charge is 0.306 e. The minimum atomic E-state index is -0.363. The Labute approximate surface area is 572 Å². The summed E-state index contributed by atoms with van der Waals surface area (Å²) in [7, 11) is 0. The average molecular weight is 1350 g/mol. The second-order valence-electron chi connectivity index (χ2n) is 21.3. The highest BCUT2D eigenvalue weighted by molar-refractivity contribution is 8.13. The maximum atomic E-state index is 12.0. The zero-order valence-electron chi connectivity index (χ0n) is 57.7. The first-order chi connectivity index (χ1) is 46.0. The molecular formula is C76H103NO16S2. The maximum Gasteiger partial charge on any atom is 0.306 e. The number of esters is 4. The largest absolute Gasteiger partial charge is 0.490 e. The number of rotatable bonds is 40. The van der Waals surface area contributed by atoms with E-state index in [-0.39, 0.29) is 97.5 Å². The molecule has 19 heteroatoms. The molecule has 0 aliphatic carbocycles. The quantitative estimate of drug-likeness (QED) is 0.0143. The van der Waals surface area contributed by atoms with Gasteiger partial charge in [0.2, 0.25) is 0 Å². The lowest BCUT2D eigenvalue weighted by Crippen LogP contribution is -2.17. The number of para-hydroxylation sites is 2. The Bertz CT molecular complexity index is 3000. The van der Waals surface area contributed by atoms with Crippen molar-refractivity contribution in [2.24, 2.45) is 29.6 Å². The van der Waals surface area contributed by atoms with Crippen LogP contribution in [0.25, 0.3) is 10.9 Å². The minimum absolute atomic E-state index is 0.00319. The summed E-state index contributed by atoms with van der Waals surface area (Å²) in [4.78, 5) is 126. The molecule has 0 saturated carbocycles. The molecule has 17 nitrogen and oxygen atoms in total. The second kappa shape index (κ2) is 56.3. The number of benzene rings is 3. The van der Waals surface area contributed by atoms with Gasteiger partial charge in [-0.2, -0.15) is 11.8 Å². The molecule has 0 saturated heterocycles. The predicted octanol–water partition coefficient (Wildman–Crippen LogP) is 15.1. The number of thioether (sulfide) groups is 2. The number of aryl methyl sites for hydroxylation is 1. The molecule has 1 aromatic heterocycles. The Morgan fingerprint density at radius 1 is 0.474 bits per heavy atom. The predicted molar refractivity (Wildman–Crippen MR) is 381 cm³/mol. The fourth-order valence-electron chi connectivity index (χ4n) is 9.42. The van der Waals surface area contributed by atoms with Crippen molar-refractivity contribution in [2.75, 3.05) is 44.2 Å². The topological polar surface area (TPSA) is 250 Å². The van der Waals surface area contributed by atoms with E-state index in [1.807, 2.05) is 133 Å². The number of fused-ring (bicyclic) bond motifs is 1. The van der Waals surface area contributed by atoms with Crippen molar-refractivity contribution >= 4 is 101 Å². The molecule has 1 N–H and O–H groups in total. The highest BCUT2D eigenvalue weighted by Crippen LogP contribution is 2.24. The van der Waals surface area contributed by atoms with Crippen molar-refractivity contribution < 1.29 is 76.4 Å². The normalized spacial score (nSPS) is 13.0. The number of carbonyl (C=O) groups is 11. The van der Waals surface area contributed by atoms with Gasteiger partial charge in [0.15, 0.2) is 5.12 Å². The van der Waals surface area contributed by atoms with E-state index in [1.54, 1.807) is 63.8 Å². The Morgan fingerprint density at radius 3 is 1.34 bits per heavy atom. The van der Waals surface area contributed by atoms with Crippen LogP contribution in [0.4, 0.5) is 0 Å². The van der Waals surface area contributed by atoms with Gasteiger partial charge in [-0.1, -0.05) is 137 Å². The fourth-order valence-corrected chi connectivity index (χ4v) is 10.7. The number of H-pyrrole nitrogens is 1. The molecule has 0 fully saturated rings. The SMILES string of the molecule is C/C=C(/C=O)[C@@H](CC)CC(=O)OCC.C/C=C(/C=O)[C@@H](CC)CC(=O)OCCOc1ccccc1.C/C=C(/C=O)[C@@H](CC)CC(=O)OCc1cc2ccccc2[nH]1.C/C=C(/C=O)[C@@H](CC)CC(=O)SCCc1ccccc1.C/C=C(/C=O)[C@@H](CC=O)CC(=O)OCCCSC. The van der Waals surface area contributed by atoms with E-state index in [0.717, 1.165) is 109 Å². The number of carbonyl (C=O) groups excluding carboxylic acids is 11. The molecule has 4 rings (SSSR count). The van der Waals surface area contributed by atoms with Gasteiger partial charge in [0.25, 0.3) is 0 Å². The van der Waals surface area contributed by atoms with Gasteiger partial charge >= 0.3 is 23.9 Å². The van der Waals surface area contributed by atoms with E-state index >= 15 is 0 Å². The van der Waals surface area contributed by atoms with E-state index in [9.17, 15) is 52.7 Å². The molecule has 0 aliphatic rings. The van der Waals surface area contributed by atoms with Gasteiger partial charge in [-0.05, 0) is 179 Å². The molecule has 5 atom stereocenters. The number of aldehydes is 6. The highest BCUT2D eigenvalue weighted by Gasteiger charge is 2.21. The van der Waals surface area contributed by atoms with Crippen molar-refractivity contribution in [1.29, 1.82) is 0 Å². The van der Waals surface area contributed by atoms with Gasteiger partial charge in [-0.25, -0.2) is 0 Å². The van der Waals surface area contributed by atoms with Gasteiger partial charge in [0.05, 0.1) is 44.6 Å². The summed E-state index contributed by atoms with van der Waals surface area (Å²) < 4.78 is 25.8. The third-order valence-corrected chi connectivity index (χ3v) is 16.6. The van der Waals surface area contributed by atoms with Gasteiger partial charge in [0.1, 0.15) is 63.3 Å². The third-order valence-electron chi connectivity index (χ3n) is 15.0. The molecule has 0 amide bonds. The van der Waals surface area contributed by atoms with Crippen molar-refractivity contribution in [3.05, 3.63) is 160 Å². The highest BCUT2D eigenvalue weighted by atomic mass is 32.2.